The van der Waals surface area contributed by atoms with Crippen LogP contribution in [-0.2, 0) is 4.79 Å². The lowest BCUT2D eigenvalue weighted by atomic mass is 10.1. The Balaban J connectivity index is 2.31. The Morgan fingerprint density at radius 1 is 1.39 bits per heavy atom. The maximum atomic E-state index is 12.2. The summed E-state index contributed by atoms with van der Waals surface area (Å²) in [5.74, 6) is -1.52. The number of carbonyl (C=O) groups excluding carboxylic acids is 1. The molecule has 1 atom stereocenters. The summed E-state index contributed by atoms with van der Waals surface area (Å²) in [6.45, 7) is 2.23. The molecule has 0 aliphatic carbocycles. The van der Waals surface area contributed by atoms with Crippen molar-refractivity contribution in [1.82, 2.24) is 4.90 Å². The number of likely N-dealkylation sites (tertiary alicyclic amines) is 1. The fourth-order valence-corrected chi connectivity index (χ4v) is 2.24. The van der Waals surface area contributed by atoms with E-state index < -0.39 is 17.9 Å². The summed E-state index contributed by atoms with van der Waals surface area (Å²) in [6.07, 6.45) is 1.14. The van der Waals surface area contributed by atoms with Crippen molar-refractivity contribution in [3.8, 4) is 5.75 Å². The lowest BCUT2D eigenvalue weighted by molar-refractivity contribution is -0.141. The largest absolute Gasteiger partial charge is 0.507 e. The predicted molar refractivity (Wildman–Crippen MR) is 64.5 cm³/mol. The van der Waals surface area contributed by atoms with Gasteiger partial charge in [-0.1, -0.05) is 11.6 Å². The summed E-state index contributed by atoms with van der Waals surface area (Å²) >= 11 is 0. The fourth-order valence-electron chi connectivity index (χ4n) is 2.24. The number of phenols is 1. The standard InChI is InChI=1S/C13H15NO4/c1-8-4-5-11(15)9(7-8)12(16)14-6-2-3-10(14)13(17)18/h4-5,7,10,15H,2-3,6H2,1H3,(H,17,18)/t10-/m0/s1. The summed E-state index contributed by atoms with van der Waals surface area (Å²) < 4.78 is 0. The molecule has 1 aliphatic rings. The maximum absolute atomic E-state index is 12.2. The lowest BCUT2D eigenvalue weighted by Gasteiger charge is -2.22. The fraction of sp³-hybridized carbons (Fsp3) is 0.385. The number of amides is 1. The number of carboxylic acid groups (broad SMARTS) is 1. The van der Waals surface area contributed by atoms with Crippen LogP contribution in [0, 0.1) is 6.92 Å². The molecule has 0 radical (unpaired) electrons. The first-order valence-electron chi connectivity index (χ1n) is 5.84. The van der Waals surface area contributed by atoms with Gasteiger partial charge in [0.1, 0.15) is 11.8 Å². The Morgan fingerprint density at radius 2 is 2.11 bits per heavy atom. The van der Waals surface area contributed by atoms with Gasteiger partial charge in [-0.2, -0.15) is 0 Å². The molecule has 2 rings (SSSR count). The van der Waals surface area contributed by atoms with Crippen LogP contribution in [0.25, 0.3) is 0 Å². The molecule has 0 spiro atoms. The third-order valence-corrected chi connectivity index (χ3v) is 3.18. The lowest BCUT2D eigenvalue weighted by Crippen LogP contribution is -2.40. The van der Waals surface area contributed by atoms with Gasteiger partial charge in [-0.15, -0.1) is 0 Å². The van der Waals surface area contributed by atoms with Crippen molar-refractivity contribution in [3.05, 3.63) is 29.3 Å². The van der Waals surface area contributed by atoms with Crippen molar-refractivity contribution in [2.24, 2.45) is 0 Å². The number of carbonyl (C=O) groups is 2. The van der Waals surface area contributed by atoms with Crippen LogP contribution in [0.2, 0.25) is 0 Å². The Bertz CT molecular complexity index is 498. The van der Waals surface area contributed by atoms with Crippen LogP contribution in [0.15, 0.2) is 18.2 Å². The smallest absolute Gasteiger partial charge is 0.326 e. The third kappa shape index (κ3) is 2.16. The molecule has 2 N–H and O–H groups in total. The molecule has 5 nitrogen and oxygen atoms in total. The molecule has 1 saturated heterocycles. The molecule has 5 heteroatoms. The van der Waals surface area contributed by atoms with Gasteiger partial charge in [0, 0.05) is 6.54 Å². The van der Waals surface area contributed by atoms with Gasteiger partial charge in [-0.05, 0) is 31.9 Å². The van der Waals surface area contributed by atoms with Crippen LogP contribution < -0.4 is 0 Å². The van der Waals surface area contributed by atoms with Crippen molar-refractivity contribution in [2.75, 3.05) is 6.54 Å². The second kappa shape index (κ2) is 4.68. The highest BCUT2D eigenvalue weighted by molar-refractivity contribution is 5.99. The third-order valence-electron chi connectivity index (χ3n) is 3.18. The Hall–Kier alpha value is -2.04. The van der Waals surface area contributed by atoms with Gasteiger partial charge in [-0.3, -0.25) is 4.79 Å². The zero-order chi connectivity index (χ0) is 13.3. The van der Waals surface area contributed by atoms with Gasteiger partial charge in [-0.25, -0.2) is 4.79 Å². The van der Waals surface area contributed by atoms with E-state index in [9.17, 15) is 14.7 Å². The molecule has 1 heterocycles. The predicted octanol–water partition coefficient (Wildman–Crippen LogP) is 1.39. The van der Waals surface area contributed by atoms with Crippen LogP contribution in [0.5, 0.6) is 5.75 Å². The average Bonchev–Trinajstić information content (AvgIpc) is 2.80. The van der Waals surface area contributed by atoms with Crippen LogP contribution in [0.3, 0.4) is 0 Å². The number of benzene rings is 1. The molecule has 0 aromatic heterocycles. The molecule has 1 aromatic carbocycles. The van der Waals surface area contributed by atoms with E-state index >= 15 is 0 Å². The molecule has 1 amide bonds. The van der Waals surface area contributed by atoms with Crippen LogP contribution in [0.1, 0.15) is 28.8 Å². The second-order valence-electron chi connectivity index (χ2n) is 4.52. The second-order valence-corrected chi connectivity index (χ2v) is 4.52. The van der Waals surface area contributed by atoms with Crippen molar-refractivity contribution in [3.63, 3.8) is 0 Å². The van der Waals surface area contributed by atoms with E-state index in [4.69, 9.17) is 5.11 Å². The Morgan fingerprint density at radius 3 is 2.78 bits per heavy atom. The highest BCUT2D eigenvalue weighted by Crippen LogP contribution is 2.25. The van der Waals surface area contributed by atoms with Gasteiger partial charge in [0.15, 0.2) is 0 Å². The summed E-state index contributed by atoms with van der Waals surface area (Å²) in [6, 6.07) is 3.95. The normalized spacial score (nSPS) is 18.9. The topological polar surface area (TPSA) is 77.8 Å². The minimum absolute atomic E-state index is 0.110. The maximum Gasteiger partial charge on any atom is 0.326 e. The van der Waals surface area contributed by atoms with Gasteiger partial charge < -0.3 is 15.1 Å². The number of hydrogen-bond acceptors (Lipinski definition) is 3. The summed E-state index contributed by atoms with van der Waals surface area (Å²) in [4.78, 5) is 24.6. The molecule has 96 valence electrons. The van der Waals surface area contributed by atoms with Crippen molar-refractivity contribution >= 4 is 11.9 Å². The molecule has 1 fully saturated rings. The number of aliphatic carboxylic acids is 1. The van der Waals surface area contributed by atoms with E-state index in [-0.39, 0.29) is 11.3 Å². The van der Waals surface area contributed by atoms with Gasteiger partial charge >= 0.3 is 5.97 Å². The zero-order valence-electron chi connectivity index (χ0n) is 10.1. The van der Waals surface area contributed by atoms with E-state index in [0.717, 1.165) is 5.56 Å². The number of aromatic hydroxyl groups is 1. The number of hydrogen-bond donors (Lipinski definition) is 2. The van der Waals surface area contributed by atoms with Crippen LogP contribution >= 0.6 is 0 Å². The average molecular weight is 249 g/mol. The first-order chi connectivity index (χ1) is 8.50. The number of rotatable bonds is 2. The Kier molecular flexibility index (Phi) is 3.23. The van der Waals surface area contributed by atoms with Crippen molar-refractivity contribution in [1.29, 1.82) is 0 Å². The van der Waals surface area contributed by atoms with Crippen molar-refractivity contribution < 1.29 is 19.8 Å². The molecule has 1 aromatic rings. The quantitative estimate of drug-likeness (QED) is 0.830. The van der Waals surface area contributed by atoms with E-state index in [1.54, 1.807) is 12.1 Å². The molecule has 1 aliphatic heterocycles. The number of aryl methyl sites for hydroxylation is 1. The first-order valence-corrected chi connectivity index (χ1v) is 5.84. The number of nitrogens with zero attached hydrogens (tertiary/aromatic N) is 1. The van der Waals surface area contributed by atoms with E-state index in [0.29, 0.717) is 19.4 Å². The molecular formula is C13H15NO4. The number of phenolic OH excluding ortho intramolecular Hbond substituents is 1. The van der Waals surface area contributed by atoms with Gasteiger partial charge in [0.2, 0.25) is 0 Å². The minimum Gasteiger partial charge on any atom is -0.507 e. The monoisotopic (exact) mass is 249 g/mol. The van der Waals surface area contributed by atoms with E-state index in [1.807, 2.05) is 6.92 Å². The van der Waals surface area contributed by atoms with Crippen molar-refractivity contribution in [2.45, 2.75) is 25.8 Å². The molecule has 0 unspecified atom stereocenters. The summed E-state index contributed by atoms with van der Waals surface area (Å²) in [7, 11) is 0. The van der Waals surface area contributed by atoms with Gasteiger partial charge in [0.05, 0.1) is 5.56 Å². The minimum atomic E-state index is -0.993. The van der Waals surface area contributed by atoms with Crippen LogP contribution in [0.4, 0.5) is 0 Å². The molecule has 18 heavy (non-hydrogen) atoms. The van der Waals surface area contributed by atoms with Gasteiger partial charge in [0.25, 0.3) is 5.91 Å². The van der Waals surface area contributed by atoms with E-state index in [1.165, 1.54) is 11.0 Å². The zero-order valence-corrected chi connectivity index (χ0v) is 10.1. The SMILES string of the molecule is Cc1ccc(O)c(C(=O)N2CCC[C@H]2C(=O)O)c1. The Labute approximate surface area is 105 Å². The summed E-state index contributed by atoms with van der Waals surface area (Å²) in [5.41, 5.74) is 1.02. The summed E-state index contributed by atoms with van der Waals surface area (Å²) in [5, 5.41) is 18.7. The number of carboxylic acids is 1. The molecule has 0 saturated carbocycles. The molecule has 0 bridgehead atoms. The highest BCUT2D eigenvalue weighted by Gasteiger charge is 2.35. The molecular weight excluding hydrogens is 234 g/mol. The highest BCUT2D eigenvalue weighted by atomic mass is 16.4. The van der Waals surface area contributed by atoms with E-state index in [2.05, 4.69) is 0 Å². The van der Waals surface area contributed by atoms with Crippen LogP contribution in [-0.4, -0.2) is 39.6 Å². The first kappa shape index (κ1) is 12.4.